The van der Waals surface area contributed by atoms with E-state index in [2.05, 4.69) is 21.6 Å². The molecule has 1 aliphatic carbocycles. The van der Waals surface area contributed by atoms with Crippen LogP contribution in [0.25, 0.3) is 0 Å². The van der Waals surface area contributed by atoms with Crippen molar-refractivity contribution < 1.29 is 0 Å². The molecule has 0 aliphatic heterocycles. The van der Waals surface area contributed by atoms with Gasteiger partial charge in [-0.15, -0.1) is 0 Å². The molecule has 1 aromatic rings. The summed E-state index contributed by atoms with van der Waals surface area (Å²) < 4.78 is 0. The smallest absolute Gasteiger partial charge is 0.0762 e. The normalized spacial score (nSPS) is 17.8. The molecule has 3 heteroatoms. The average Bonchev–Trinajstić information content (AvgIpc) is 2.77. The highest BCUT2D eigenvalue weighted by atomic mass is 15.1. The van der Waals surface area contributed by atoms with Crippen LogP contribution in [0.15, 0.2) is 6.07 Å². The second-order valence-electron chi connectivity index (χ2n) is 4.32. The monoisotopic (exact) mass is 193 g/mol. The van der Waals surface area contributed by atoms with Crippen LogP contribution >= 0.6 is 0 Å². The van der Waals surface area contributed by atoms with Gasteiger partial charge >= 0.3 is 0 Å². The predicted molar refractivity (Wildman–Crippen MR) is 57.0 cm³/mol. The third kappa shape index (κ3) is 2.58. The third-order valence-corrected chi connectivity index (χ3v) is 2.97. The fraction of sp³-hybridized carbons (Fsp3) is 0.727. The lowest BCUT2D eigenvalue weighted by atomic mass is 10.1. The molecular weight excluding hydrogens is 174 g/mol. The Morgan fingerprint density at radius 2 is 2.29 bits per heavy atom. The first kappa shape index (κ1) is 9.71. The molecule has 1 fully saturated rings. The van der Waals surface area contributed by atoms with Gasteiger partial charge in [-0.1, -0.05) is 12.8 Å². The second kappa shape index (κ2) is 4.60. The van der Waals surface area contributed by atoms with Crippen LogP contribution in [0.5, 0.6) is 0 Å². The number of nitrogens with zero attached hydrogens (tertiary/aromatic N) is 1. The Balaban J connectivity index is 1.67. The van der Waals surface area contributed by atoms with E-state index >= 15 is 0 Å². The summed E-state index contributed by atoms with van der Waals surface area (Å²) >= 11 is 0. The number of aromatic amines is 1. The Kier molecular flexibility index (Phi) is 3.19. The maximum absolute atomic E-state index is 4.19. The highest BCUT2D eigenvalue weighted by Gasteiger charge is 2.13. The second-order valence-corrected chi connectivity index (χ2v) is 4.32. The van der Waals surface area contributed by atoms with Crippen molar-refractivity contribution in [1.29, 1.82) is 0 Å². The van der Waals surface area contributed by atoms with Crippen LogP contribution < -0.4 is 5.32 Å². The first-order chi connectivity index (χ1) is 6.84. The maximum Gasteiger partial charge on any atom is 0.0762 e. The minimum Gasteiger partial charge on any atom is -0.311 e. The molecule has 2 N–H and O–H groups in total. The summed E-state index contributed by atoms with van der Waals surface area (Å²) in [6.07, 6.45) is 5.67. The fourth-order valence-corrected chi connectivity index (χ4v) is 2.18. The largest absolute Gasteiger partial charge is 0.311 e. The number of aromatic nitrogens is 2. The Morgan fingerprint density at radius 3 is 2.93 bits per heavy atom. The average molecular weight is 193 g/mol. The van der Waals surface area contributed by atoms with Crippen molar-refractivity contribution in [1.82, 2.24) is 15.5 Å². The Morgan fingerprint density at radius 1 is 1.50 bits per heavy atom. The van der Waals surface area contributed by atoms with Gasteiger partial charge in [0.1, 0.15) is 0 Å². The van der Waals surface area contributed by atoms with Crippen LogP contribution in [0.3, 0.4) is 0 Å². The van der Waals surface area contributed by atoms with Gasteiger partial charge in [-0.2, -0.15) is 5.10 Å². The van der Waals surface area contributed by atoms with E-state index in [1.165, 1.54) is 25.7 Å². The molecule has 0 spiro atoms. The summed E-state index contributed by atoms with van der Waals surface area (Å²) in [5, 5.41) is 10.6. The number of hydrogen-bond donors (Lipinski definition) is 2. The van der Waals surface area contributed by atoms with Gasteiger partial charge in [0.15, 0.2) is 0 Å². The van der Waals surface area contributed by atoms with Crippen molar-refractivity contribution >= 4 is 0 Å². The number of aryl methyl sites for hydroxylation is 1. The topological polar surface area (TPSA) is 40.7 Å². The number of H-pyrrole nitrogens is 1. The van der Waals surface area contributed by atoms with E-state index in [-0.39, 0.29) is 0 Å². The fourth-order valence-electron chi connectivity index (χ4n) is 2.18. The molecular formula is C11H19N3. The molecule has 0 bridgehead atoms. The Bertz CT molecular complexity index is 274. The van der Waals surface area contributed by atoms with Crippen molar-refractivity contribution in [2.24, 2.45) is 5.92 Å². The highest BCUT2D eigenvalue weighted by molar-refractivity contribution is 5.06. The van der Waals surface area contributed by atoms with Crippen LogP contribution in [0.2, 0.25) is 0 Å². The molecule has 1 saturated carbocycles. The quantitative estimate of drug-likeness (QED) is 0.768. The molecule has 2 rings (SSSR count). The van der Waals surface area contributed by atoms with Gasteiger partial charge in [0, 0.05) is 12.2 Å². The van der Waals surface area contributed by atoms with Crippen LogP contribution in [0.1, 0.15) is 37.1 Å². The van der Waals surface area contributed by atoms with Gasteiger partial charge in [-0.05, 0) is 38.3 Å². The minimum absolute atomic E-state index is 0.904. The Hall–Kier alpha value is -0.830. The summed E-state index contributed by atoms with van der Waals surface area (Å²) in [6.45, 7) is 4.10. The van der Waals surface area contributed by atoms with E-state index in [1.54, 1.807) is 0 Å². The number of hydrogen-bond acceptors (Lipinski definition) is 2. The molecule has 0 saturated heterocycles. The third-order valence-electron chi connectivity index (χ3n) is 2.97. The summed E-state index contributed by atoms with van der Waals surface area (Å²) in [7, 11) is 0. The maximum atomic E-state index is 4.19. The van der Waals surface area contributed by atoms with E-state index in [4.69, 9.17) is 0 Å². The van der Waals surface area contributed by atoms with E-state index in [1.807, 2.05) is 6.92 Å². The van der Waals surface area contributed by atoms with Crippen LogP contribution in [0, 0.1) is 12.8 Å². The molecule has 1 aliphatic rings. The SMILES string of the molecule is Cc1cc(CNCC2CCCC2)n[nH]1. The zero-order valence-corrected chi connectivity index (χ0v) is 8.84. The van der Waals surface area contributed by atoms with Crippen molar-refractivity contribution in [3.05, 3.63) is 17.5 Å². The highest BCUT2D eigenvalue weighted by Crippen LogP contribution is 2.23. The van der Waals surface area contributed by atoms with Crippen molar-refractivity contribution in [2.75, 3.05) is 6.54 Å². The standard InChI is InChI=1S/C11H19N3/c1-9-6-11(14-13-9)8-12-7-10-4-2-3-5-10/h6,10,12H,2-5,7-8H2,1H3,(H,13,14). The van der Waals surface area contributed by atoms with Crippen molar-refractivity contribution in [3.8, 4) is 0 Å². The molecule has 0 aromatic carbocycles. The molecule has 14 heavy (non-hydrogen) atoms. The van der Waals surface area contributed by atoms with Gasteiger partial charge < -0.3 is 5.32 Å². The summed E-state index contributed by atoms with van der Waals surface area (Å²) in [5.41, 5.74) is 2.27. The predicted octanol–water partition coefficient (Wildman–Crippen LogP) is 2.00. The molecule has 1 heterocycles. The molecule has 0 atom stereocenters. The van der Waals surface area contributed by atoms with Crippen LogP contribution in [-0.4, -0.2) is 16.7 Å². The van der Waals surface area contributed by atoms with Crippen LogP contribution in [-0.2, 0) is 6.54 Å². The minimum atomic E-state index is 0.904. The van der Waals surface area contributed by atoms with Gasteiger partial charge in [0.05, 0.1) is 5.69 Å². The van der Waals surface area contributed by atoms with Gasteiger partial charge in [-0.3, -0.25) is 5.10 Å². The molecule has 0 radical (unpaired) electrons. The molecule has 3 nitrogen and oxygen atoms in total. The van der Waals surface area contributed by atoms with E-state index in [9.17, 15) is 0 Å². The summed E-state index contributed by atoms with van der Waals surface area (Å²) in [6, 6.07) is 2.10. The molecule has 78 valence electrons. The molecule has 0 amide bonds. The molecule has 0 unspecified atom stereocenters. The first-order valence-electron chi connectivity index (χ1n) is 5.56. The lowest BCUT2D eigenvalue weighted by molar-refractivity contribution is 0.487. The molecule has 1 aromatic heterocycles. The first-order valence-corrected chi connectivity index (χ1v) is 5.56. The lowest BCUT2D eigenvalue weighted by Crippen LogP contribution is -2.20. The van der Waals surface area contributed by atoms with Crippen molar-refractivity contribution in [2.45, 2.75) is 39.2 Å². The number of rotatable bonds is 4. The van der Waals surface area contributed by atoms with Crippen molar-refractivity contribution in [3.63, 3.8) is 0 Å². The van der Waals surface area contributed by atoms with E-state index in [0.717, 1.165) is 30.4 Å². The zero-order chi connectivity index (χ0) is 9.80. The van der Waals surface area contributed by atoms with Gasteiger partial charge in [0.2, 0.25) is 0 Å². The lowest BCUT2D eigenvalue weighted by Gasteiger charge is -2.08. The summed E-state index contributed by atoms with van der Waals surface area (Å²) in [5.74, 6) is 0.912. The van der Waals surface area contributed by atoms with Gasteiger partial charge in [-0.25, -0.2) is 0 Å². The zero-order valence-electron chi connectivity index (χ0n) is 8.84. The number of nitrogens with one attached hydrogen (secondary N) is 2. The van der Waals surface area contributed by atoms with Crippen LogP contribution in [0.4, 0.5) is 0 Å². The summed E-state index contributed by atoms with van der Waals surface area (Å²) in [4.78, 5) is 0. The van der Waals surface area contributed by atoms with E-state index in [0.29, 0.717) is 0 Å². The Labute approximate surface area is 85.3 Å². The van der Waals surface area contributed by atoms with E-state index < -0.39 is 0 Å². The van der Waals surface area contributed by atoms with Gasteiger partial charge in [0.25, 0.3) is 0 Å².